The zero-order valence-corrected chi connectivity index (χ0v) is 20.5. The van der Waals surface area contributed by atoms with Crippen molar-refractivity contribution in [3.63, 3.8) is 0 Å². The zero-order chi connectivity index (χ0) is 24.9. The molecular weight excluding hydrogens is 470 g/mol. The van der Waals surface area contributed by atoms with Gasteiger partial charge in [0, 0.05) is 20.8 Å². The number of aliphatic imine (C=N–C) groups is 1. The molecule has 0 N–H and O–H groups in total. The SMILES string of the molecule is CC(=O)N=C1S[C@H]2CO[C@H](OCc3ccccc3)[C@H](OC(C)=O)[C@H]2N1N(C(C)=O)c1ccccc1. The van der Waals surface area contributed by atoms with Crippen molar-refractivity contribution in [3.05, 3.63) is 66.2 Å². The fourth-order valence-corrected chi connectivity index (χ4v) is 5.46. The number of para-hydroxylation sites is 1. The highest BCUT2D eigenvalue weighted by atomic mass is 32.2. The number of hydrazine groups is 1. The molecule has 2 saturated heterocycles. The van der Waals surface area contributed by atoms with Gasteiger partial charge in [0.15, 0.2) is 17.6 Å². The first-order valence-corrected chi connectivity index (χ1v) is 12.1. The third-order valence-corrected chi connectivity index (χ3v) is 6.68. The summed E-state index contributed by atoms with van der Waals surface area (Å²) in [4.78, 5) is 41.2. The number of fused-ring (bicyclic) bond motifs is 1. The quantitative estimate of drug-likeness (QED) is 0.562. The van der Waals surface area contributed by atoms with E-state index >= 15 is 0 Å². The van der Waals surface area contributed by atoms with Crippen LogP contribution in [0.15, 0.2) is 65.7 Å². The highest BCUT2D eigenvalue weighted by Crippen LogP contribution is 2.41. The van der Waals surface area contributed by atoms with Crippen molar-refractivity contribution in [2.75, 3.05) is 11.6 Å². The molecule has 35 heavy (non-hydrogen) atoms. The van der Waals surface area contributed by atoms with Gasteiger partial charge in [0.05, 0.1) is 24.2 Å². The lowest BCUT2D eigenvalue weighted by Gasteiger charge is -2.44. The van der Waals surface area contributed by atoms with Gasteiger partial charge < -0.3 is 14.2 Å². The number of hydrogen-bond donors (Lipinski definition) is 0. The third-order valence-electron chi connectivity index (χ3n) is 5.47. The third kappa shape index (κ3) is 5.72. The van der Waals surface area contributed by atoms with Gasteiger partial charge in [-0.3, -0.25) is 14.4 Å². The molecular formula is C25H27N3O6S. The summed E-state index contributed by atoms with van der Waals surface area (Å²) in [7, 11) is 0. The fraction of sp³-hybridized carbons (Fsp3) is 0.360. The standard InChI is InChI=1S/C25H27N3O6S/c1-16(29)26-25-28(27(17(2)30)20-12-8-5-9-13-20)22-21(35-25)15-33-24(23(22)34-18(3)31)32-14-19-10-6-4-7-11-19/h4-13,21-24H,14-15H2,1-3H3/t21-,22-,23+,24-/m0/s1. The lowest BCUT2D eigenvalue weighted by atomic mass is 10.0. The summed E-state index contributed by atoms with van der Waals surface area (Å²) >= 11 is 1.31. The molecule has 2 aromatic carbocycles. The van der Waals surface area contributed by atoms with Crippen molar-refractivity contribution in [1.29, 1.82) is 0 Å². The van der Waals surface area contributed by atoms with Crippen molar-refractivity contribution >= 4 is 40.4 Å². The summed E-state index contributed by atoms with van der Waals surface area (Å²) in [6, 6.07) is 18.1. The number of nitrogens with zero attached hydrogens (tertiary/aromatic N) is 3. The van der Waals surface area contributed by atoms with Gasteiger partial charge in [0.1, 0.15) is 6.04 Å². The summed E-state index contributed by atoms with van der Waals surface area (Å²) in [5.41, 5.74) is 1.53. The molecule has 10 heteroatoms. The fourth-order valence-electron chi connectivity index (χ4n) is 4.14. The molecule has 0 aromatic heterocycles. The van der Waals surface area contributed by atoms with Gasteiger partial charge in [-0.15, -0.1) is 0 Å². The normalized spacial score (nSPS) is 24.7. The predicted octanol–water partition coefficient (Wildman–Crippen LogP) is 3.15. The molecule has 4 rings (SSSR count). The van der Waals surface area contributed by atoms with Gasteiger partial charge in [0.2, 0.25) is 11.8 Å². The van der Waals surface area contributed by atoms with E-state index in [4.69, 9.17) is 14.2 Å². The van der Waals surface area contributed by atoms with Crippen LogP contribution in [-0.2, 0) is 35.2 Å². The van der Waals surface area contributed by atoms with Gasteiger partial charge >= 0.3 is 5.97 Å². The Morgan fingerprint density at radius 1 is 1.06 bits per heavy atom. The van der Waals surface area contributed by atoms with E-state index in [2.05, 4.69) is 4.99 Å². The minimum atomic E-state index is -0.885. The Morgan fingerprint density at radius 3 is 2.31 bits per heavy atom. The molecule has 0 bridgehead atoms. The Bertz CT molecular complexity index is 1100. The predicted molar refractivity (Wildman–Crippen MR) is 131 cm³/mol. The van der Waals surface area contributed by atoms with E-state index in [0.29, 0.717) is 10.9 Å². The van der Waals surface area contributed by atoms with Crippen molar-refractivity contribution in [1.82, 2.24) is 5.01 Å². The second-order valence-electron chi connectivity index (χ2n) is 8.14. The molecule has 2 heterocycles. The summed E-state index contributed by atoms with van der Waals surface area (Å²) in [6.45, 7) is 4.59. The molecule has 9 nitrogen and oxygen atoms in total. The van der Waals surface area contributed by atoms with Crippen LogP contribution in [0.25, 0.3) is 0 Å². The minimum Gasteiger partial charge on any atom is -0.455 e. The summed E-state index contributed by atoms with van der Waals surface area (Å²) in [5, 5.41) is 3.16. The Balaban J connectivity index is 1.73. The average Bonchev–Trinajstić information content (AvgIpc) is 3.17. The largest absolute Gasteiger partial charge is 0.455 e. The molecule has 0 radical (unpaired) electrons. The number of amidine groups is 1. The molecule has 2 aromatic rings. The van der Waals surface area contributed by atoms with E-state index in [1.165, 1.54) is 37.5 Å². The smallest absolute Gasteiger partial charge is 0.303 e. The van der Waals surface area contributed by atoms with Gasteiger partial charge in [-0.25, -0.2) is 10.0 Å². The van der Waals surface area contributed by atoms with Gasteiger partial charge in [-0.1, -0.05) is 60.3 Å². The highest BCUT2D eigenvalue weighted by molar-refractivity contribution is 8.14. The van der Waals surface area contributed by atoms with Crippen LogP contribution < -0.4 is 5.01 Å². The first-order chi connectivity index (χ1) is 16.8. The minimum absolute atomic E-state index is 0.247. The first-order valence-electron chi connectivity index (χ1n) is 11.2. The second kappa shape index (κ2) is 11.0. The van der Waals surface area contributed by atoms with Crippen molar-refractivity contribution in [2.45, 2.75) is 51.1 Å². The molecule has 4 atom stereocenters. The number of ether oxygens (including phenoxy) is 3. The van der Waals surface area contributed by atoms with Crippen LogP contribution in [0, 0.1) is 0 Å². The number of thioether (sulfide) groups is 1. The van der Waals surface area contributed by atoms with Crippen LogP contribution in [0.2, 0.25) is 0 Å². The number of rotatable bonds is 6. The Morgan fingerprint density at radius 2 is 1.71 bits per heavy atom. The molecule has 0 saturated carbocycles. The monoisotopic (exact) mass is 497 g/mol. The summed E-state index contributed by atoms with van der Waals surface area (Å²) < 4.78 is 17.8. The molecule has 2 aliphatic rings. The Hall–Kier alpha value is -3.21. The van der Waals surface area contributed by atoms with E-state index in [-0.39, 0.29) is 24.4 Å². The molecule has 2 aliphatic heterocycles. The van der Waals surface area contributed by atoms with E-state index in [9.17, 15) is 14.4 Å². The van der Waals surface area contributed by atoms with Crippen molar-refractivity contribution < 1.29 is 28.6 Å². The lowest BCUT2D eigenvalue weighted by molar-refractivity contribution is -0.241. The number of esters is 1. The van der Waals surface area contributed by atoms with Gasteiger partial charge in [-0.05, 0) is 17.7 Å². The maximum absolute atomic E-state index is 12.9. The number of carbonyl (C=O) groups excluding carboxylic acids is 3. The molecule has 0 spiro atoms. The van der Waals surface area contributed by atoms with Crippen LogP contribution in [-0.4, -0.2) is 58.3 Å². The number of hydrogen-bond acceptors (Lipinski definition) is 7. The van der Waals surface area contributed by atoms with E-state index in [1.807, 2.05) is 48.5 Å². The first kappa shape index (κ1) is 24.9. The highest BCUT2D eigenvalue weighted by Gasteiger charge is 2.55. The molecule has 184 valence electrons. The van der Waals surface area contributed by atoms with Gasteiger partial charge in [-0.2, -0.15) is 4.99 Å². The molecule has 0 aliphatic carbocycles. The lowest BCUT2D eigenvalue weighted by Crippen LogP contribution is -2.63. The van der Waals surface area contributed by atoms with Crippen LogP contribution >= 0.6 is 11.8 Å². The van der Waals surface area contributed by atoms with Crippen LogP contribution in [0.4, 0.5) is 5.69 Å². The number of benzene rings is 2. The maximum Gasteiger partial charge on any atom is 0.303 e. The Kier molecular flexibility index (Phi) is 7.84. The van der Waals surface area contributed by atoms with Crippen LogP contribution in [0.3, 0.4) is 0 Å². The van der Waals surface area contributed by atoms with Crippen molar-refractivity contribution in [3.8, 4) is 0 Å². The van der Waals surface area contributed by atoms with Crippen LogP contribution in [0.5, 0.6) is 0 Å². The Labute approximate surface area is 208 Å². The van der Waals surface area contributed by atoms with E-state index in [1.54, 1.807) is 17.1 Å². The average molecular weight is 498 g/mol. The van der Waals surface area contributed by atoms with Crippen molar-refractivity contribution in [2.24, 2.45) is 4.99 Å². The maximum atomic E-state index is 12.9. The summed E-state index contributed by atoms with van der Waals surface area (Å²) in [6.07, 6.45) is -1.77. The molecule has 0 unspecified atom stereocenters. The number of amides is 2. The topological polar surface area (TPSA) is 97.7 Å². The zero-order valence-electron chi connectivity index (χ0n) is 19.7. The van der Waals surface area contributed by atoms with Crippen LogP contribution in [0.1, 0.15) is 26.3 Å². The molecule has 2 amide bonds. The number of anilines is 1. The summed E-state index contributed by atoms with van der Waals surface area (Å²) in [5.74, 6) is -1.21. The van der Waals surface area contributed by atoms with Gasteiger partial charge in [0.25, 0.3) is 0 Å². The van der Waals surface area contributed by atoms with E-state index in [0.717, 1.165) is 5.56 Å². The second-order valence-corrected chi connectivity index (χ2v) is 9.35. The molecule has 2 fully saturated rings. The number of carbonyl (C=O) groups is 3. The van der Waals surface area contributed by atoms with E-state index < -0.39 is 30.3 Å².